The van der Waals surface area contributed by atoms with E-state index >= 15 is 0 Å². The standard InChI is InChI=1S/C34H26N2O/c1-20(2)34-35-31-25-17-14-23(22-9-5-4-6-10-22)19-24(25)15-18-27(31)32(36-34)28-16-13-21(3)30-26-11-7-8-12-29(26)37-33(28)30/h4-20H,1-3H3. The highest BCUT2D eigenvalue weighted by molar-refractivity contribution is 6.15. The molecule has 0 bridgehead atoms. The molecule has 0 amide bonds. The minimum Gasteiger partial charge on any atom is -0.455 e. The van der Waals surface area contributed by atoms with Crippen LogP contribution in [0.2, 0.25) is 0 Å². The van der Waals surface area contributed by atoms with E-state index in [4.69, 9.17) is 14.4 Å². The third kappa shape index (κ3) is 3.42. The number of furan rings is 1. The van der Waals surface area contributed by atoms with Gasteiger partial charge in [0.25, 0.3) is 0 Å². The van der Waals surface area contributed by atoms with Gasteiger partial charge in [-0.1, -0.05) is 86.6 Å². The van der Waals surface area contributed by atoms with Crippen LogP contribution in [0.25, 0.3) is 66.0 Å². The van der Waals surface area contributed by atoms with E-state index in [1.54, 1.807) is 0 Å². The molecule has 5 aromatic carbocycles. The lowest BCUT2D eigenvalue weighted by Gasteiger charge is -2.14. The molecular weight excluding hydrogens is 452 g/mol. The van der Waals surface area contributed by atoms with E-state index in [0.717, 1.165) is 55.3 Å². The van der Waals surface area contributed by atoms with Crippen molar-refractivity contribution >= 4 is 43.6 Å². The zero-order chi connectivity index (χ0) is 25.1. The van der Waals surface area contributed by atoms with Crippen molar-refractivity contribution < 1.29 is 4.42 Å². The fraction of sp³-hybridized carbons (Fsp3) is 0.118. The highest BCUT2D eigenvalue weighted by Gasteiger charge is 2.20. The molecule has 0 saturated carbocycles. The Bertz CT molecular complexity index is 1970. The lowest BCUT2D eigenvalue weighted by atomic mass is 9.96. The Morgan fingerprint density at radius 2 is 1.46 bits per heavy atom. The smallest absolute Gasteiger partial charge is 0.145 e. The van der Waals surface area contributed by atoms with E-state index in [9.17, 15) is 0 Å². The Balaban J connectivity index is 1.54. The van der Waals surface area contributed by atoms with Crippen LogP contribution in [0, 0.1) is 6.92 Å². The van der Waals surface area contributed by atoms with Crippen molar-refractivity contribution in [2.24, 2.45) is 0 Å². The molecule has 0 aliphatic carbocycles. The minimum absolute atomic E-state index is 0.193. The van der Waals surface area contributed by atoms with Gasteiger partial charge in [-0.2, -0.15) is 0 Å². The number of para-hydroxylation sites is 1. The molecule has 0 aliphatic rings. The van der Waals surface area contributed by atoms with Crippen molar-refractivity contribution in [2.45, 2.75) is 26.7 Å². The van der Waals surface area contributed by atoms with Crippen molar-refractivity contribution in [1.29, 1.82) is 0 Å². The minimum atomic E-state index is 0.193. The summed E-state index contributed by atoms with van der Waals surface area (Å²) >= 11 is 0. The molecule has 178 valence electrons. The summed E-state index contributed by atoms with van der Waals surface area (Å²) in [5, 5.41) is 5.63. The van der Waals surface area contributed by atoms with Crippen molar-refractivity contribution in [3.63, 3.8) is 0 Å². The highest BCUT2D eigenvalue weighted by Crippen LogP contribution is 2.40. The fourth-order valence-corrected chi connectivity index (χ4v) is 5.39. The van der Waals surface area contributed by atoms with Crippen molar-refractivity contribution in [1.82, 2.24) is 9.97 Å². The third-order valence-electron chi connectivity index (χ3n) is 7.31. The van der Waals surface area contributed by atoms with Crippen LogP contribution in [0.4, 0.5) is 0 Å². The highest BCUT2D eigenvalue weighted by atomic mass is 16.3. The summed E-state index contributed by atoms with van der Waals surface area (Å²) in [4.78, 5) is 10.2. The molecule has 0 fully saturated rings. The van der Waals surface area contributed by atoms with Gasteiger partial charge in [-0.05, 0) is 53.3 Å². The summed E-state index contributed by atoms with van der Waals surface area (Å²) in [6.45, 7) is 6.44. The normalized spacial score (nSPS) is 11.9. The first-order valence-corrected chi connectivity index (χ1v) is 12.8. The van der Waals surface area contributed by atoms with Crippen LogP contribution in [0.1, 0.15) is 31.2 Å². The molecule has 2 aromatic heterocycles. The van der Waals surface area contributed by atoms with E-state index in [0.29, 0.717) is 0 Å². The average molecular weight is 479 g/mol. The molecule has 0 radical (unpaired) electrons. The van der Waals surface area contributed by atoms with Crippen molar-refractivity contribution in [2.75, 3.05) is 0 Å². The first-order chi connectivity index (χ1) is 18.1. The molecule has 3 nitrogen and oxygen atoms in total. The number of nitrogens with zero attached hydrogens (tertiary/aromatic N) is 2. The second-order valence-electron chi connectivity index (χ2n) is 10.1. The van der Waals surface area contributed by atoms with Crippen LogP contribution in [-0.2, 0) is 0 Å². The molecule has 3 heteroatoms. The largest absolute Gasteiger partial charge is 0.455 e. The molecule has 0 aliphatic heterocycles. The summed E-state index contributed by atoms with van der Waals surface area (Å²) in [5.74, 6) is 1.03. The Morgan fingerprint density at radius 1 is 0.676 bits per heavy atom. The van der Waals surface area contributed by atoms with Gasteiger partial charge in [-0.3, -0.25) is 0 Å². The summed E-state index contributed by atoms with van der Waals surface area (Å²) in [6, 6.07) is 34.1. The number of aromatic nitrogens is 2. The predicted molar refractivity (Wildman–Crippen MR) is 154 cm³/mol. The van der Waals surface area contributed by atoms with Gasteiger partial charge >= 0.3 is 0 Å². The first kappa shape index (κ1) is 21.8. The topological polar surface area (TPSA) is 38.9 Å². The Labute approximate surface area is 215 Å². The number of fused-ring (bicyclic) bond motifs is 6. The zero-order valence-corrected chi connectivity index (χ0v) is 21.1. The molecule has 2 heterocycles. The quantitative estimate of drug-likeness (QED) is 0.237. The summed E-state index contributed by atoms with van der Waals surface area (Å²) in [6.07, 6.45) is 0. The number of hydrogen-bond acceptors (Lipinski definition) is 3. The number of aryl methyl sites for hydroxylation is 1. The molecule has 0 unspecified atom stereocenters. The summed E-state index contributed by atoms with van der Waals surface area (Å²) in [7, 11) is 0. The van der Waals surface area contributed by atoms with Crippen LogP contribution in [0.15, 0.2) is 101 Å². The predicted octanol–water partition coefficient (Wildman–Crippen LogP) is 9.45. The molecule has 37 heavy (non-hydrogen) atoms. The second-order valence-corrected chi connectivity index (χ2v) is 10.1. The van der Waals surface area contributed by atoms with Gasteiger partial charge in [0.15, 0.2) is 0 Å². The third-order valence-corrected chi connectivity index (χ3v) is 7.31. The van der Waals surface area contributed by atoms with Gasteiger partial charge in [0, 0.05) is 33.0 Å². The van der Waals surface area contributed by atoms with Gasteiger partial charge in [0.05, 0.1) is 11.2 Å². The lowest BCUT2D eigenvalue weighted by molar-refractivity contribution is 0.669. The molecular formula is C34H26N2O. The Kier molecular flexibility index (Phi) is 4.87. The number of hydrogen-bond donors (Lipinski definition) is 0. The summed E-state index contributed by atoms with van der Waals surface area (Å²) in [5.41, 5.74) is 8.31. The van der Waals surface area contributed by atoms with E-state index in [1.807, 2.05) is 18.2 Å². The van der Waals surface area contributed by atoms with Gasteiger partial charge in [-0.15, -0.1) is 0 Å². The van der Waals surface area contributed by atoms with Gasteiger partial charge in [-0.25, -0.2) is 9.97 Å². The van der Waals surface area contributed by atoms with Crippen molar-refractivity contribution in [3.05, 3.63) is 108 Å². The Hall–Kier alpha value is -4.50. The second kappa shape index (κ2) is 8.28. The van der Waals surface area contributed by atoms with Crippen LogP contribution in [0.3, 0.4) is 0 Å². The Morgan fingerprint density at radius 3 is 2.30 bits per heavy atom. The van der Waals surface area contributed by atoms with E-state index in [1.165, 1.54) is 22.1 Å². The molecule has 0 N–H and O–H groups in total. The molecule has 7 rings (SSSR count). The SMILES string of the molecule is Cc1ccc(-c2nc(C(C)C)nc3c2ccc2cc(-c4ccccc4)ccc23)c2oc3ccccc3c12. The maximum Gasteiger partial charge on any atom is 0.145 e. The number of benzene rings is 5. The zero-order valence-electron chi connectivity index (χ0n) is 21.1. The van der Waals surface area contributed by atoms with Gasteiger partial charge < -0.3 is 4.42 Å². The lowest BCUT2D eigenvalue weighted by Crippen LogP contribution is -2.01. The summed E-state index contributed by atoms with van der Waals surface area (Å²) < 4.78 is 6.46. The van der Waals surface area contributed by atoms with Crippen LogP contribution < -0.4 is 0 Å². The fourth-order valence-electron chi connectivity index (χ4n) is 5.39. The van der Waals surface area contributed by atoms with Crippen molar-refractivity contribution in [3.8, 4) is 22.4 Å². The number of rotatable bonds is 3. The maximum absolute atomic E-state index is 6.46. The maximum atomic E-state index is 6.46. The van der Waals surface area contributed by atoms with Crippen LogP contribution in [0.5, 0.6) is 0 Å². The first-order valence-electron chi connectivity index (χ1n) is 12.8. The monoisotopic (exact) mass is 478 g/mol. The van der Waals surface area contributed by atoms with E-state index < -0.39 is 0 Å². The van der Waals surface area contributed by atoms with E-state index in [-0.39, 0.29) is 5.92 Å². The van der Waals surface area contributed by atoms with Crippen LogP contribution >= 0.6 is 0 Å². The molecule has 0 spiro atoms. The molecule has 7 aromatic rings. The van der Waals surface area contributed by atoms with Crippen LogP contribution in [-0.4, -0.2) is 9.97 Å². The van der Waals surface area contributed by atoms with Gasteiger partial charge in [0.1, 0.15) is 17.0 Å². The van der Waals surface area contributed by atoms with E-state index in [2.05, 4.69) is 99.6 Å². The molecule has 0 saturated heterocycles. The average Bonchev–Trinajstić information content (AvgIpc) is 3.33. The van der Waals surface area contributed by atoms with Gasteiger partial charge in [0.2, 0.25) is 0 Å². The molecule has 0 atom stereocenters.